The molecule has 0 unspecified atom stereocenters. The zero-order chi connectivity index (χ0) is 11.6. The lowest BCUT2D eigenvalue weighted by Crippen LogP contribution is -2.13. The van der Waals surface area contributed by atoms with Crippen LogP contribution in [-0.4, -0.2) is 11.1 Å². The number of hydrogen-bond acceptors (Lipinski definition) is 4. The molecule has 1 rings (SSSR count). The summed E-state index contributed by atoms with van der Waals surface area (Å²) in [5, 5.41) is 8.94. The Labute approximate surface area is 86.8 Å². The van der Waals surface area contributed by atoms with Crippen LogP contribution in [0.15, 0.2) is 12.1 Å². The van der Waals surface area contributed by atoms with E-state index in [-0.39, 0.29) is 5.56 Å². The van der Waals surface area contributed by atoms with Crippen LogP contribution in [0.2, 0.25) is 0 Å². The average Bonchev–Trinajstić information content (AvgIpc) is 1.99. The lowest BCUT2D eigenvalue weighted by Gasteiger charge is -2.08. The Morgan fingerprint density at radius 1 is 1.27 bits per heavy atom. The zero-order valence-electron chi connectivity index (χ0n) is 8.73. The molecule has 0 spiro atoms. The Morgan fingerprint density at radius 2 is 1.73 bits per heavy atom. The first-order chi connectivity index (χ1) is 6.91. The number of aryl methyl sites for hydroxylation is 3. The first-order valence-electron chi connectivity index (χ1n) is 4.36. The quantitative estimate of drug-likeness (QED) is 0.551. The van der Waals surface area contributed by atoms with Gasteiger partial charge in [-0.1, -0.05) is 17.7 Å². The fourth-order valence-electron chi connectivity index (χ4n) is 1.62. The molecule has 0 fully saturated rings. The van der Waals surface area contributed by atoms with Crippen molar-refractivity contribution in [1.29, 1.82) is 0 Å². The summed E-state index contributed by atoms with van der Waals surface area (Å²) in [6.45, 7) is 5.33. The minimum Gasteiger partial charge on any atom is -0.263 e. The van der Waals surface area contributed by atoms with Gasteiger partial charge in [0.15, 0.2) is 0 Å². The average molecular weight is 209 g/mol. The van der Waals surface area contributed by atoms with Crippen LogP contribution in [0.1, 0.15) is 27.0 Å². The minimum absolute atomic E-state index is 0.261. The fourth-order valence-corrected chi connectivity index (χ4v) is 1.62. The molecular formula is C10H11NO4. The first-order valence-corrected chi connectivity index (χ1v) is 4.36. The molecule has 0 aliphatic rings. The van der Waals surface area contributed by atoms with Crippen LogP contribution in [0.25, 0.3) is 0 Å². The molecule has 5 nitrogen and oxygen atoms in total. The standard InChI is InChI=1S/C10H11NO4/c1-6-4-7(2)9(8(3)5-6)10(12)15-11(13)14/h4-5H,1-3H3. The highest BCUT2D eigenvalue weighted by molar-refractivity contribution is 5.92. The fraction of sp³-hybridized carbons (Fsp3) is 0.300. The zero-order valence-corrected chi connectivity index (χ0v) is 8.73. The van der Waals surface area contributed by atoms with Crippen molar-refractivity contribution in [2.75, 3.05) is 0 Å². The van der Waals surface area contributed by atoms with E-state index in [1.54, 1.807) is 26.0 Å². The lowest BCUT2D eigenvalue weighted by molar-refractivity contribution is -0.727. The van der Waals surface area contributed by atoms with Gasteiger partial charge in [0.2, 0.25) is 0 Å². The molecule has 0 radical (unpaired) electrons. The van der Waals surface area contributed by atoms with Crippen molar-refractivity contribution in [3.05, 3.63) is 44.5 Å². The maximum atomic E-state index is 11.3. The molecular weight excluding hydrogens is 198 g/mol. The normalized spacial score (nSPS) is 9.80. The van der Waals surface area contributed by atoms with Gasteiger partial charge in [0, 0.05) is 0 Å². The molecule has 0 aliphatic heterocycles. The van der Waals surface area contributed by atoms with Crippen LogP contribution in [0.3, 0.4) is 0 Å². The van der Waals surface area contributed by atoms with Crippen LogP contribution in [-0.2, 0) is 4.84 Å². The predicted octanol–water partition coefficient (Wildman–Crippen LogP) is 1.96. The third kappa shape index (κ3) is 2.52. The van der Waals surface area contributed by atoms with Gasteiger partial charge in [-0.15, -0.1) is 10.1 Å². The van der Waals surface area contributed by atoms with E-state index in [2.05, 4.69) is 4.84 Å². The van der Waals surface area contributed by atoms with E-state index in [0.29, 0.717) is 11.1 Å². The summed E-state index contributed by atoms with van der Waals surface area (Å²) < 4.78 is 0. The van der Waals surface area contributed by atoms with E-state index in [1.807, 2.05) is 6.92 Å². The van der Waals surface area contributed by atoms with Crippen LogP contribution in [0, 0.1) is 30.9 Å². The molecule has 5 heteroatoms. The van der Waals surface area contributed by atoms with E-state index >= 15 is 0 Å². The van der Waals surface area contributed by atoms with E-state index in [0.717, 1.165) is 5.56 Å². The number of carbonyl (C=O) groups excluding carboxylic acids is 1. The van der Waals surface area contributed by atoms with Crippen molar-refractivity contribution in [3.8, 4) is 0 Å². The number of rotatable bonds is 2. The monoisotopic (exact) mass is 209 g/mol. The molecule has 0 saturated heterocycles. The van der Waals surface area contributed by atoms with Gasteiger partial charge >= 0.3 is 11.1 Å². The van der Waals surface area contributed by atoms with Gasteiger partial charge in [0.25, 0.3) is 0 Å². The maximum absolute atomic E-state index is 11.3. The number of nitrogens with zero attached hydrogens (tertiary/aromatic N) is 1. The summed E-state index contributed by atoms with van der Waals surface area (Å²) in [5.41, 5.74) is 2.62. The van der Waals surface area contributed by atoms with E-state index in [1.165, 1.54) is 0 Å². The third-order valence-corrected chi connectivity index (χ3v) is 2.04. The second kappa shape index (κ2) is 4.08. The summed E-state index contributed by atoms with van der Waals surface area (Å²) >= 11 is 0. The molecule has 0 heterocycles. The van der Waals surface area contributed by atoms with E-state index in [4.69, 9.17) is 0 Å². The number of hydrogen-bond donors (Lipinski definition) is 0. The topological polar surface area (TPSA) is 69.4 Å². The SMILES string of the molecule is Cc1cc(C)c(C(=O)O[N+](=O)[O-])c(C)c1. The predicted molar refractivity (Wildman–Crippen MR) is 53.1 cm³/mol. The van der Waals surface area contributed by atoms with E-state index < -0.39 is 11.1 Å². The summed E-state index contributed by atoms with van der Waals surface area (Å²) in [7, 11) is 0. The highest BCUT2D eigenvalue weighted by Gasteiger charge is 2.16. The molecule has 0 N–H and O–H groups in total. The smallest absolute Gasteiger partial charge is 0.263 e. The van der Waals surface area contributed by atoms with Crippen LogP contribution < -0.4 is 0 Å². The number of carbonyl (C=O) groups is 1. The molecule has 0 saturated carbocycles. The number of benzene rings is 1. The Morgan fingerprint density at radius 3 is 2.13 bits per heavy atom. The molecule has 0 aliphatic carbocycles. The van der Waals surface area contributed by atoms with Crippen molar-refractivity contribution in [2.45, 2.75) is 20.8 Å². The van der Waals surface area contributed by atoms with Crippen LogP contribution >= 0.6 is 0 Å². The van der Waals surface area contributed by atoms with Crippen LogP contribution in [0.5, 0.6) is 0 Å². The van der Waals surface area contributed by atoms with Crippen molar-refractivity contribution < 1.29 is 14.7 Å². The Balaban J connectivity index is 3.14. The summed E-state index contributed by atoms with van der Waals surface area (Å²) in [6.07, 6.45) is 0. The molecule has 80 valence electrons. The van der Waals surface area contributed by atoms with Gasteiger partial charge in [0.1, 0.15) is 0 Å². The molecule has 0 aromatic heterocycles. The van der Waals surface area contributed by atoms with Crippen molar-refractivity contribution in [1.82, 2.24) is 0 Å². The minimum atomic E-state index is -1.10. The molecule has 0 bridgehead atoms. The van der Waals surface area contributed by atoms with Gasteiger partial charge in [-0.2, -0.15) is 0 Å². The first kappa shape index (κ1) is 11.2. The maximum Gasteiger partial charge on any atom is 0.334 e. The highest BCUT2D eigenvalue weighted by atomic mass is 17.0. The summed E-state index contributed by atoms with van der Waals surface area (Å²) in [4.78, 5) is 25.3. The van der Waals surface area contributed by atoms with E-state index in [9.17, 15) is 14.9 Å². The summed E-state index contributed by atoms with van der Waals surface area (Å²) in [6, 6.07) is 3.56. The Hall–Kier alpha value is -1.91. The van der Waals surface area contributed by atoms with Crippen molar-refractivity contribution >= 4 is 5.97 Å². The van der Waals surface area contributed by atoms with Crippen molar-refractivity contribution in [3.63, 3.8) is 0 Å². The molecule has 0 amide bonds. The summed E-state index contributed by atoms with van der Waals surface area (Å²) in [5.74, 6) is -0.921. The largest absolute Gasteiger partial charge is 0.334 e. The highest BCUT2D eigenvalue weighted by Crippen LogP contribution is 2.17. The lowest BCUT2D eigenvalue weighted by atomic mass is 10.0. The van der Waals surface area contributed by atoms with Gasteiger partial charge in [-0.25, -0.2) is 4.84 Å². The molecule has 15 heavy (non-hydrogen) atoms. The second-order valence-corrected chi connectivity index (χ2v) is 3.38. The Bertz CT molecular complexity index is 402. The van der Waals surface area contributed by atoms with Gasteiger partial charge in [0.05, 0.1) is 5.56 Å². The van der Waals surface area contributed by atoms with Gasteiger partial charge in [-0.3, -0.25) is 4.79 Å². The van der Waals surface area contributed by atoms with Gasteiger partial charge < -0.3 is 0 Å². The molecule has 1 aromatic carbocycles. The second-order valence-electron chi connectivity index (χ2n) is 3.38. The van der Waals surface area contributed by atoms with Crippen molar-refractivity contribution in [2.24, 2.45) is 0 Å². The molecule has 0 atom stereocenters. The van der Waals surface area contributed by atoms with Gasteiger partial charge in [-0.05, 0) is 31.9 Å². The Kier molecular flexibility index (Phi) is 3.04. The third-order valence-electron chi connectivity index (χ3n) is 2.04. The molecule has 1 aromatic rings. The van der Waals surface area contributed by atoms with Crippen LogP contribution in [0.4, 0.5) is 0 Å².